The Bertz CT molecular complexity index is 695. The molecule has 36 heavy (non-hydrogen) atoms. The van der Waals surface area contributed by atoms with Crippen molar-refractivity contribution in [1.82, 2.24) is 15.5 Å². The van der Waals surface area contributed by atoms with E-state index >= 15 is 0 Å². The minimum atomic E-state index is -0.945. The molecule has 3 amide bonds. The Morgan fingerprint density at radius 3 is 2.11 bits per heavy atom. The van der Waals surface area contributed by atoms with E-state index in [-0.39, 0.29) is 29.7 Å². The zero-order chi connectivity index (χ0) is 27.5. The van der Waals surface area contributed by atoms with Crippen molar-refractivity contribution in [2.45, 2.75) is 58.2 Å². The molecule has 0 aromatic rings. The molecule has 0 aliphatic rings. The van der Waals surface area contributed by atoms with Gasteiger partial charge in [0.1, 0.15) is 11.9 Å². The molecule has 0 saturated heterocycles. The van der Waals surface area contributed by atoms with Gasteiger partial charge in [0, 0.05) is 46.3 Å². The first-order valence-electron chi connectivity index (χ1n) is 12.2. The van der Waals surface area contributed by atoms with Crippen molar-refractivity contribution in [3.05, 3.63) is 12.2 Å². The average molecular weight is 516 g/mol. The van der Waals surface area contributed by atoms with Gasteiger partial charge in [-0.15, -0.1) is 0 Å². The summed E-state index contributed by atoms with van der Waals surface area (Å²) < 4.78 is 21.9. The molecule has 208 valence electrons. The lowest BCUT2D eigenvalue weighted by Gasteiger charge is -2.28. The third-order valence-electron chi connectivity index (χ3n) is 5.33. The number of carbonyl (C=O) groups is 4. The maximum absolute atomic E-state index is 12.3. The molecule has 0 fully saturated rings. The Labute approximate surface area is 215 Å². The summed E-state index contributed by atoms with van der Waals surface area (Å²) in [6, 6.07) is 0. The number of hydrogen-bond acceptors (Lipinski definition) is 8. The highest BCUT2D eigenvalue weighted by Crippen LogP contribution is 2.16. The van der Waals surface area contributed by atoms with Gasteiger partial charge >= 0.3 is 0 Å². The Kier molecular flexibility index (Phi) is 17.6. The van der Waals surface area contributed by atoms with Crippen LogP contribution in [0.4, 0.5) is 0 Å². The molecule has 0 radical (unpaired) electrons. The van der Waals surface area contributed by atoms with Crippen LogP contribution in [0.3, 0.4) is 0 Å². The van der Waals surface area contributed by atoms with Gasteiger partial charge in [0.25, 0.3) is 5.91 Å². The van der Waals surface area contributed by atoms with Crippen LogP contribution >= 0.6 is 0 Å². The maximum Gasteiger partial charge on any atom is 0.251 e. The number of rotatable bonds is 21. The molecule has 0 aromatic heterocycles. The Morgan fingerprint density at radius 1 is 0.917 bits per heavy atom. The van der Waals surface area contributed by atoms with Crippen molar-refractivity contribution in [2.75, 3.05) is 66.8 Å². The molecule has 0 atom stereocenters. The monoisotopic (exact) mass is 515 g/mol. The number of nitrogens with one attached hydrogen (secondary N) is 2. The van der Waals surface area contributed by atoms with Crippen LogP contribution in [0, 0.1) is 0 Å². The molecule has 0 unspecified atom stereocenters. The van der Waals surface area contributed by atoms with E-state index in [0.29, 0.717) is 71.8 Å². The normalized spacial score (nSPS) is 11.9. The summed E-state index contributed by atoms with van der Waals surface area (Å²) in [7, 11) is 3.26. The first-order valence-corrected chi connectivity index (χ1v) is 12.2. The fraction of sp³-hybridized carbons (Fsp3) is 0.760. The number of aldehydes is 1. The smallest absolute Gasteiger partial charge is 0.251 e. The zero-order valence-corrected chi connectivity index (χ0v) is 22.7. The second kappa shape index (κ2) is 18.9. The van der Waals surface area contributed by atoms with Gasteiger partial charge in [0.05, 0.1) is 38.6 Å². The largest absolute Gasteiger partial charge is 0.379 e. The summed E-state index contributed by atoms with van der Waals surface area (Å²) in [5, 5.41) is 5.55. The van der Waals surface area contributed by atoms with Gasteiger partial charge in [-0.1, -0.05) is 0 Å². The van der Waals surface area contributed by atoms with Gasteiger partial charge in [-0.25, -0.2) is 0 Å². The van der Waals surface area contributed by atoms with Crippen molar-refractivity contribution < 1.29 is 38.1 Å². The number of ether oxygens (including phenoxy) is 4. The first kappa shape index (κ1) is 33.7. The number of amides is 3. The minimum Gasteiger partial charge on any atom is -0.379 e. The Balaban J connectivity index is 3.70. The molecule has 0 spiro atoms. The predicted octanol–water partition coefficient (Wildman–Crippen LogP) is 0.856. The highest BCUT2D eigenvalue weighted by molar-refractivity contribution is 5.90. The van der Waals surface area contributed by atoms with Crippen LogP contribution in [-0.2, 0) is 38.1 Å². The molecule has 0 bridgehead atoms. The second-order valence-corrected chi connectivity index (χ2v) is 9.26. The summed E-state index contributed by atoms with van der Waals surface area (Å²) in [4.78, 5) is 47.4. The third kappa shape index (κ3) is 17.1. The molecule has 2 N–H and O–H groups in total. The van der Waals surface area contributed by atoms with Gasteiger partial charge in [-0.3, -0.25) is 19.2 Å². The number of allylic oxidation sites excluding steroid dienone is 1. The summed E-state index contributed by atoms with van der Waals surface area (Å²) in [6.07, 6.45) is 4.35. The molecule has 0 aliphatic heterocycles. The zero-order valence-electron chi connectivity index (χ0n) is 22.7. The maximum atomic E-state index is 12.3. The average Bonchev–Trinajstić information content (AvgIpc) is 2.82. The first-order chi connectivity index (χ1) is 16.9. The summed E-state index contributed by atoms with van der Waals surface area (Å²) in [5.41, 5.74) is -1.25. The number of methoxy groups -OCH3 is 1. The van der Waals surface area contributed by atoms with E-state index in [9.17, 15) is 19.2 Å². The quantitative estimate of drug-likeness (QED) is 0.131. The molecule has 0 aromatic carbocycles. The SMILES string of the molecule is COC(C)(C)CCOC(C)(C)C(=O)NCCOCCOCCNC(=O)CCCN(C)C(=O)/C=C\C=O. The Morgan fingerprint density at radius 2 is 1.53 bits per heavy atom. The van der Waals surface area contributed by atoms with E-state index < -0.39 is 5.60 Å². The topological polar surface area (TPSA) is 132 Å². The second-order valence-electron chi connectivity index (χ2n) is 9.26. The van der Waals surface area contributed by atoms with E-state index in [1.54, 1.807) is 28.0 Å². The molecule has 11 heteroatoms. The third-order valence-corrected chi connectivity index (χ3v) is 5.33. The molecular formula is C25H45N3O8. The van der Waals surface area contributed by atoms with E-state index in [1.165, 1.54) is 11.0 Å². The Hall–Kier alpha value is -2.34. The van der Waals surface area contributed by atoms with Crippen LogP contribution in [0.2, 0.25) is 0 Å². The standard InChI is InChI=1S/C25H45N3O8/c1-24(2,33-6)11-16-36-25(3,4)23(32)27-13-18-35-20-19-34-17-12-26-21(30)9-7-14-28(5)22(31)10-8-15-29/h8,10,15H,7,9,11-14,16-20H2,1-6H3,(H,26,30)(H,27,32)/b10-8-. The highest BCUT2D eigenvalue weighted by atomic mass is 16.5. The van der Waals surface area contributed by atoms with E-state index in [2.05, 4.69) is 10.6 Å². The lowest BCUT2D eigenvalue weighted by molar-refractivity contribution is -0.145. The van der Waals surface area contributed by atoms with Crippen molar-refractivity contribution in [3.8, 4) is 0 Å². The summed E-state index contributed by atoms with van der Waals surface area (Å²) in [6.45, 7) is 10.4. The molecule has 11 nitrogen and oxygen atoms in total. The lowest BCUT2D eigenvalue weighted by Crippen LogP contribution is -2.46. The number of hydrogen-bond donors (Lipinski definition) is 2. The van der Waals surface area contributed by atoms with Gasteiger partial charge < -0.3 is 34.5 Å². The van der Waals surface area contributed by atoms with Crippen molar-refractivity contribution >= 4 is 24.0 Å². The van der Waals surface area contributed by atoms with Crippen LogP contribution < -0.4 is 10.6 Å². The molecule has 0 saturated carbocycles. The van der Waals surface area contributed by atoms with Gasteiger partial charge in [0.15, 0.2) is 0 Å². The van der Waals surface area contributed by atoms with Crippen LogP contribution in [0.1, 0.15) is 47.0 Å². The predicted molar refractivity (Wildman–Crippen MR) is 135 cm³/mol. The van der Waals surface area contributed by atoms with Gasteiger partial charge in [-0.2, -0.15) is 0 Å². The van der Waals surface area contributed by atoms with Gasteiger partial charge in [-0.05, 0) is 46.6 Å². The van der Waals surface area contributed by atoms with E-state index in [0.717, 1.165) is 6.08 Å². The van der Waals surface area contributed by atoms with Crippen LogP contribution in [0.15, 0.2) is 12.2 Å². The number of nitrogens with zero attached hydrogens (tertiary/aromatic N) is 1. The number of carbonyl (C=O) groups excluding carboxylic acids is 4. The van der Waals surface area contributed by atoms with Crippen molar-refractivity contribution in [1.29, 1.82) is 0 Å². The lowest BCUT2D eigenvalue weighted by atomic mass is 10.1. The minimum absolute atomic E-state index is 0.121. The highest BCUT2D eigenvalue weighted by Gasteiger charge is 2.29. The van der Waals surface area contributed by atoms with Crippen molar-refractivity contribution in [3.63, 3.8) is 0 Å². The number of likely N-dealkylation sites (N-methyl/N-ethyl adjacent to an activating group) is 1. The molecule has 0 heterocycles. The molecular weight excluding hydrogens is 470 g/mol. The fourth-order valence-corrected chi connectivity index (χ4v) is 2.68. The summed E-state index contributed by atoms with van der Waals surface area (Å²) in [5.74, 6) is -0.609. The molecule has 0 aliphatic carbocycles. The fourth-order valence-electron chi connectivity index (χ4n) is 2.68. The molecule has 0 rings (SSSR count). The van der Waals surface area contributed by atoms with Crippen molar-refractivity contribution in [2.24, 2.45) is 0 Å². The van der Waals surface area contributed by atoms with Gasteiger partial charge in [0.2, 0.25) is 11.8 Å². The van der Waals surface area contributed by atoms with Crippen LogP contribution in [0.25, 0.3) is 0 Å². The van der Waals surface area contributed by atoms with E-state index in [1.807, 2.05) is 13.8 Å². The van der Waals surface area contributed by atoms with Crippen LogP contribution in [0.5, 0.6) is 0 Å². The summed E-state index contributed by atoms with van der Waals surface area (Å²) >= 11 is 0. The van der Waals surface area contributed by atoms with E-state index in [4.69, 9.17) is 18.9 Å². The van der Waals surface area contributed by atoms with Crippen LogP contribution in [-0.4, -0.2) is 107 Å².